The zero-order chi connectivity index (χ0) is 25.8. The molecule has 196 valence electrons. The van der Waals surface area contributed by atoms with Crippen LogP contribution in [-0.2, 0) is 17.9 Å². The number of nitrogens with one attached hydrogen (secondary N) is 1. The zero-order valence-corrected chi connectivity index (χ0v) is 20.8. The molecule has 1 aromatic carbocycles. The number of anilines is 1. The summed E-state index contributed by atoms with van der Waals surface area (Å²) < 4.78 is 13.0. The number of primary amides is 1. The Morgan fingerprint density at radius 1 is 1.03 bits per heavy atom. The molecule has 0 spiro atoms. The number of amides is 3. The first-order valence-electron chi connectivity index (χ1n) is 13.0. The highest BCUT2D eigenvalue weighted by atomic mass is 16.7. The van der Waals surface area contributed by atoms with E-state index in [1.807, 2.05) is 33.7 Å². The van der Waals surface area contributed by atoms with Gasteiger partial charge >= 0.3 is 6.03 Å². The van der Waals surface area contributed by atoms with Crippen molar-refractivity contribution in [2.24, 2.45) is 11.7 Å². The fraction of sp³-hybridized carbons (Fsp3) is 0.423. The minimum atomic E-state index is -0.494. The van der Waals surface area contributed by atoms with Gasteiger partial charge in [-0.2, -0.15) is 4.98 Å². The number of nitrogens with two attached hydrogens (primary N) is 1. The molecule has 0 bridgehead atoms. The van der Waals surface area contributed by atoms with Crippen molar-refractivity contribution >= 4 is 17.9 Å². The highest BCUT2D eigenvalue weighted by Gasteiger charge is 2.36. The van der Waals surface area contributed by atoms with Crippen molar-refractivity contribution in [3.63, 3.8) is 0 Å². The van der Waals surface area contributed by atoms with E-state index < -0.39 is 6.03 Å². The summed E-state index contributed by atoms with van der Waals surface area (Å²) in [6.45, 7) is 2.31. The summed E-state index contributed by atoms with van der Waals surface area (Å²) in [4.78, 5) is 42.2. The van der Waals surface area contributed by atoms with Gasteiger partial charge in [0.2, 0.25) is 18.6 Å². The van der Waals surface area contributed by atoms with Crippen molar-refractivity contribution in [1.82, 2.24) is 29.3 Å². The Bertz CT molecular complexity index is 1430. The van der Waals surface area contributed by atoms with E-state index in [0.29, 0.717) is 48.7 Å². The molecule has 0 radical (unpaired) electrons. The number of nitrogens with zero attached hydrogens (tertiary/aromatic N) is 6. The Kier molecular flexibility index (Phi) is 5.34. The van der Waals surface area contributed by atoms with Gasteiger partial charge in [0.05, 0.1) is 24.5 Å². The number of rotatable bonds is 5. The van der Waals surface area contributed by atoms with Crippen LogP contribution >= 0.6 is 0 Å². The predicted octanol–water partition coefficient (Wildman–Crippen LogP) is 2.27. The first kappa shape index (κ1) is 22.8. The Hall–Kier alpha value is -4.35. The van der Waals surface area contributed by atoms with Gasteiger partial charge in [0.25, 0.3) is 0 Å². The molecule has 12 nitrogen and oxygen atoms in total. The van der Waals surface area contributed by atoms with Crippen molar-refractivity contribution in [2.75, 3.05) is 25.2 Å². The van der Waals surface area contributed by atoms with E-state index in [4.69, 9.17) is 25.2 Å². The maximum absolute atomic E-state index is 12.6. The summed E-state index contributed by atoms with van der Waals surface area (Å²) in [7, 11) is 0. The van der Waals surface area contributed by atoms with Crippen LogP contribution < -0.4 is 20.5 Å². The monoisotopic (exact) mass is 516 g/mol. The van der Waals surface area contributed by atoms with Gasteiger partial charge in [0.1, 0.15) is 11.6 Å². The summed E-state index contributed by atoms with van der Waals surface area (Å²) in [6.07, 6.45) is 5.61. The van der Waals surface area contributed by atoms with E-state index in [0.717, 1.165) is 49.2 Å². The summed E-state index contributed by atoms with van der Waals surface area (Å²) in [5.74, 6) is 3.62. The standard InChI is InChI=1S/C26H28N8O4/c27-25(36)33-12-18-19(13-33)34(23(30-18)16-5-6-20-21(10-16)38-14-37-20)22-7-8-28-26(31-22)29-17-2-1-9-32(11-17)24(35)15-3-4-15/h5-8,10,15,17H,1-4,9,11-14H2,(H2,27,36)(H,28,29,31). The molecule has 1 aliphatic carbocycles. The minimum absolute atomic E-state index is 0.0777. The van der Waals surface area contributed by atoms with E-state index in [9.17, 15) is 9.59 Å². The Balaban J connectivity index is 1.21. The number of carbonyl (C=O) groups excluding carboxylic acids is 2. The minimum Gasteiger partial charge on any atom is -0.454 e. The van der Waals surface area contributed by atoms with Crippen molar-refractivity contribution in [3.8, 4) is 28.7 Å². The average Bonchev–Trinajstić information content (AvgIpc) is 3.35. The fourth-order valence-corrected chi connectivity index (χ4v) is 5.45. The van der Waals surface area contributed by atoms with E-state index in [-0.39, 0.29) is 24.7 Å². The second-order valence-electron chi connectivity index (χ2n) is 10.2. The van der Waals surface area contributed by atoms with E-state index in [1.54, 1.807) is 11.1 Å². The average molecular weight is 517 g/mol. The number of carbonyl (C=O) groups is 2. The lowest BCUT2D eigenvalue weighted by Crippen LogP contribution is -2.45. The highest BCUT2D eigenvalue weighted by molar-refractivity contribution is 5.81. The van der Waals surface area contributed by atoms with Crippen LogP contribution in [0.5, 0.6) is 11.5 Å². The molecule has 4 aliphatic rings. The molecule has 3 N–H and O–H groups in total. The van der Waals surface area contributed by atoms with Gasteiger partial charge in [0.15, 0.2) is 11.5 Å². The lowest BCUT2D eigenvalue weighted by Gasteiger charge is -2.33. The molecule has 7 rings (SSSR count). The van der Waals surface area contributed by atoms with Gasteiger partial charge in [-0.1, -0.05) is 0 Å². The van der Waals surface area contributed by atoms with Crippen molar-refractivity contribution in [3.05, 3.63) is 41.9 Å². The number of likely N-dealkylation sites (tertiary alicyclic amines) is 1. The van der Waals surface area contributed by atoms with Gasteiger partial charge in [-0.05, 0) is 49.9 Å². The number of hydrogen-bond acceptors (Lipinski definition) is 8. The molecule has 1 saturated heterocycles. The third-order valence-corrected chi connectivity index (χ3v) is 7.54. The Morgan fingerprint density at radius 3 is 2.74 bits per heavy atom. The van der Waals surface area contributed by atoms with Crippen LogP contribution in [-0.4, -0.2) is 67.2 Å². The highest BCUT2D eigenvalue weighted by Crippen LogP contribution is 2.38. The molecule has 12 heteroatoms. The maximum atomic E-state index is 12.6. The van der Waals surface area contributed by atoms with Crippen LogP contribution in [0.4, 0.5) is 10.7 Å². The van der Waals surface area contributed by atoms with Crippen LogP contribution in [0.2, 0.25) is 0 Å². The molecule has 2 fully saturated rings. The van der Waals surface area contributed by atoms with Gasteiger partial charge < -0.3 is 30.3 Å². The number of imidazole rings is 1. The number of aromatic nitrogens is 4. The number of urea groups is 1. The number of piperidine rings is 1. The van der Waals surface area contributed by atoms with Crippen LogP contribution in [0, 0.1) is 5.92 Å². The third-order valence-electron chi connectivity index (χ3n) is 7.54. The summed E-state index contributed by atoms with van der Waals surface area (Å²) in [5.41, 5.74) is 8.03. The molecule has 3 aliphatic heterocycles. The third kappa shape index (κ3) is 4.05. The maximum Gasteiger partial charge on any atom is 0.315 e. The first-order chi connectivity index (χ1) is 18.5. The van der Waals surface area contributed by atoms with Crippen LogP contribution in [0.1, 0.15) is 37.1 Å². The van der Waals surface area contributed by atoms with Gasteiger partial charge in [-0.3, -0.25) is 9.36 Å². The molecule has 1 unspecified atom stereocenters. The molecule has 5 heterocycles. The lowest BCUT2D eigenvalue weighted by atomic mass is 10.1. The second-order valence-corrected chi connectivity index (χ2v) is 10.2. The Morgan fingerprint density at radius 2 is 1.89 bits per heavy atom. The van der Waals surface area contributed by atoms with Gasteiger partial charge in [0, 0.05) is 36.8 Å². The lowest BCUT2D eigenvalue weighted by molar-refractivity contribution is -0.133. The molecule has 1 atom stereocenters. The van der Waals surface area contributed by atoms with E-state index in [2.05, 4.69) is 10.3 Å². The molecular weight excluding hydrogens is 488 g/mol. The SMILES string of the molecule is NC(=O)N1Cc2nc(-c3ccc4c(c3)OCO4)n(-c3ccnc(NC4CCCN(C(=O)C5CC5)C4)n3)c2C1. The fourth-order valence-electron chi connectivity index (χ4n) is 5.45. The second kappa shape index (κ2) is 8.89. The zero-order valence-electron chi connectivity index (χ0n) is 20.8. The molecule has 1 saturated carbocycles. The molecule has 38 heavy (non-hydrogen) atoms. The van der Waals surface area contributed by atoms with Crippen molar-refractivity contribution in [2.45, 2.75) is 44.8 Å². The van der Waals surface area contributed by atoms with E-state index in [1.165, 1.54) is 0 Å². The Labute approximate surface area is 218 Å². The first-order valence-corrected chi connectivity index (χ1v) is 13.0. The smallest absolute Gasteiger partial charge is 0.315 e. The van der Waals surface area contributed by atoms with E-state index >= 15 is 0 Å². The predicted molar refractivity (Wildman–Crippen MR) is 135 cm³/mol. The van der Waals surface area contributed by atoms with Crippen LogP contribution in [0.3, 0.4) is 0 Å². The summed E-state index contributed by atoms with van der Waals surface area (Å²) >= 11 is 0. The van der Waals surface area contributed by atoms with Crippen LogP contribution in [0.25, 0.3) is 17.2 Å². The molecule has 2 aromatic heterocycles. The van der Waals surface area contributed by atoms with Crippen LogP contribution in [0.15, 0.2) is 30.5 Å². The molecular formula is C26H28N8O4. The summed E-state index contributed by atoms with van der Waals surface area (Å²) in [5, 5.41) is 3.44. The van der Waals surface area contributed by atoms with Crippen molar-refractivity contribution < 1.29 is 19.1 Å². The molecule has 3 aromatic rings. The normalized spacial score (nSPS) is 19.9. The van der Waals surface area contributed by atoms with Gasteiger partial charge in [-0.25, -0.2) is 14.8 Å². The summed E-state index contributed by atoms with van der Waals surface area (Å²) in [6, 6.07) is 7.10. The largest absolute Gasteiger partial charge is 0.454 e. The van der Waals surface area contributed by atoms with Crippen molar-refractivity contribution in [1.29, 1.82) is 0 Å². The number of ether oxygens (including phenoxy) is 2. The molecule has 3 amide bonds. The van der Waals surface area contributed by atoms with Gasteiger partial charge in [-0.15, -0.1) is 0 Å². The number of fused-ring (bicyclic) bond motifs is 2. The number of benzene rings is 1. The number of hydrogen-bond donors (Lipinski definition) is 2. The topological polar surface area (TPSA) is 141 Å². The quantitative estimate of drug-likeness (QED) is 0.526.